The zero-order valence-corrected chi connectivity index (χ0v) is 26.9. The Labute approximate surface area is 252 Å². The highest BCUT2D eigenvalue weighted by Crippen LogP contribution is 2.24. The van der Waals surface area contributed by atoms with E-state index in [0.29, 0.717) is 23.7 Å². The molecule has 1 amide bonds. The molecule has 0 aliphatic carbocycles. The van der Waals surface area contributed by atoms with Gasteiger partial charge in [-0.2, -0.15) is 0 Å². The first-order valence-electron chi connectivity index (χ1n) is 14.7. The van der Waals surface area contributed by atoms with Gasteiger partial charge in [-0.25, -0.2) is 9.97 Å². The average molecular weight is 593 g/mol. The Bertz CT molecular complexity index is 991. The van der Waals surface area contributed by atoms with Gasteiger partial charge in [0.2, 0.25) is 0 Å². The van der Waals surface area contributed by atoms with E-state index in [4.69, 9.17) is 17.3 Å². The van der Waals surface area contributed by atoms with Crippen LogP contribution < -0.4 is 27.0 Å². The van der Waals surface area contributed by atoms with Crippen LogP contribution in [0.15, 0.2) is 24.3 Å². The van der Waals surface area contributed by atoms with Gasteiger partial charge < -0.3 is 31.9 Å². The summed E-state index contributed by atoms with van der Waals surface area (Å²) in [7, 11) is 5.28. The van der Waals surface area contributed by atoms with Crippen molar-refractivity contribution in [2.75, 3.05) is 58.0 Å². The molecule has 0 fully saturated rings. The standard InChI is InChI=1S/C27H42ClN7O2.C2H6.CH5N/c1-5-7-8-15-35(26-24(28)32-23(19-36)25(29)33-26)17-16-34(4)22(6-2)13-14-31-18-20-9-11-21(12-10-20)27(37)30-3;2*1-2/h9-12,19,22,31H,5-8,13-18H2,1-4H3,(H2,29,33)(H,30,37);1-2H3;2H2,1H3. The number of aldehydes is 1. The Balaban J connectivity index is 0.00000382. The fraction of sp³-hybridized carbons (Fsp3) is 0.600. The maximum absolute atomic E-state index is 11.7. The Hall–Kier alpha value is -2.79. The molecule has 41 heavy (non-hydrogen) atoms. The molecule has 2 rings (SSSR count). The number of rotatable bonds is 17. The minimum Gasteiger partial charge on any atom is -0.382 e. The highest BCUT2D eigenvalue weighted by molar-refractivity contribution is 6.31. The summed E-state index contributed by atoms with van der Waals surface area (Å²) in [5.74, 6) is 0.559. The van der Waals surface area contributed by atoms with E-state index >= 15 is 0 Å². The van der Waals surface area contributed by atoms with Crippen molar-refractivity contribution in [2.45, 2.75) is 72.4 Å². The van der Waals surface area contributed by atoms with Crippen LogP contribution in [0.2, 0.25) is 5.15 Å². The number of nitrogen functional groups attached to an aromatic ring is 1. The van der Waals surface area contributed by atoms with Gasteiger partial charge in [0, 0.05) is 44.8 Å². The van der Waals surface area contributed by atoms with E-state index in [9.17, 15) is 9.59 Å². The summed E-state index contributed by atoms with van der Waals surface area (Å²) >= 11 is 6.39. The largest absolute Gasteiger partial charge is 0.382 e. The molecule has 6 N–H and O–H groups in total. The average Bonchev–Trinajstić information content (AvgIpc) is 3.01. The number of carbonyl (C=O) groups is 2. The summed E-state index contributed by atoms with van der Waals surface area (Å²) in [6, 6.07) is 8.08. The molecule has 0 saturated heterocycles. The highest BCUT2D eigenvalue weighted by Gasteiger charge is 2.19. The molecule has 0 bridgehead atoms. The molecular formula is C30H53ClN8O2. The van der Waals surface area contributed by atoms with Crippen LogP contribution in [0.1, 0.15) is 86.2 Å². The number of anilines is 2. The van der Waals surface area contributed by atoms with E-state index < -0.39 is 0 Å². The number of benzene rings is 1. The highest BCUT2D eigenvalue weighted by atomic mass is 35.5. The second kappa shape index (κ2) is 22.8. The Morgan fingerprint density at radius 2 is 1.73 bits per heavy atom. The lowest BCUT2D eigenvalue weighted by Gasteiger charge is -2.31. The monoisotopic (exact) mass is 592 g/mol. The van der Waals surface area contributed by atoms with Crippen molar-refractivity contribution in [3.8, 4) is 0 Å². The molecule has 0 aliphatic heterocycles. The molecule has 0 spiro atoms. The van der Waals surface area contributed by atoms with Crippen molar-refractivity contribution in [2.24, 2.45) is 5.73 Å². The van der Waals surface area contributed by atoms with Gasteiger partial charge in [0.1, 0.15) is 5.69 Å². The smallest absolute Gasteiger partial charge is 0.251 e. The number of nitrogens with two attached hydrogens (primary N) is 2. The molecule has 1 unspecified atom stereocenters. The number of amides is 1. The first-order valence-corrected chi connectivity index (χ1v) is 15.0. The van der Waals surface area contributed by atoms with Gasteiger partial charge in [-0.3, -0.25) is 9.59 Å². The fourth-order valence-electron chi connectivity index (χ4n) is 4.21. The zero-order chi connectivity index (χ0) is 31.2. The topological polar surface area (TPSA) is 142 Å². The van der Waals surface area contributed by atoms with Crippen LogP contribution in [0.4, 0.5) is 11.6 Å². The minimum atomic E-state index is -0.0759. The summed E-state index contributed by atoms with van der Waals surface area (Å²) in [5, 5.41) is 6.36. The third kappa shape index (κ3) is 13.6. The second-order valence-electron chi connectivity index (χ2n) is 9.20. The molecule has 0 aliphatic rings. The number of hydrogen-bond acceptors (Lipinski definition) is 9. The number of likely N-dealkylation sites (N-methyl/N-ethyl adjacent to an activating group) is 1. The predicted octanol–water partition coefficient (Wildman–Crippen LogP) is 4.37. The van der Waals surface area contributed by atoms with E-state index in [1.165, 1.54) is 7.05 Å². The maximum atomic E-state index is 11.7. The molecule has 1 heterocycles. The normalized spacial score (nSPS) is 11.1. The van der Waals surface area contributed by atoms with Crippen LogP contribution >= 0.6 is 11.6 Å². The van der Waals surface area contributed by atoms with Gasteiger partial charge in [-0.15, -0.1) is 0 Å². The summed E-state index contributed by atoms with van der Waals surface area (Å²) < 4.78 is 0. The summed E-state index contributed by atoms with van der Waals surface area (Å²) in [6.45, 7) is 12.4. The summed E-state index contributed by atoms with van der Waals surface area (Å²) in [5.41, 5.74) is 12.3. The van der Waals surface area contributed by atoms with Gasteiger partial charge in [0.25, 0.3) is 5.91 Å². The van der Waals surface area contributed by atoms with Crippen LogP contribution in [0.3, 0.4) is 0 Å². The summed E-state index contributed by atoms with van der Waals surface area (Å²) in [6.07, 6.45) is 5.86. The lowest BCUT2D eigenvalue weighted by molar-refractivity contribution is 0.0962. The van der Waals surface area contributed by atoms with Gasteiger partial charge in [0.15, 0.2) is 23.1 Å². The van der Waals surface area contributed by atoms with Crippen molar-refractivity contribution < 1.29 is 9.59 Å². The molecular weight excluding hydrogens is 540 g/mol. The third-order valence-corrected chi connectivity index (χ3v) is 6.83. The molecule has 10 nitrogen and oxygen atoms in total. The minimum absolute atomic E-state index is 0.0697. The van der Waals surface area contributed by atoms with Crippen LogP contribution in [0.25, 0.3) is 0 Å². The molecule has 1 aromatic carbocycles. The van der Waals surface area contributed by atoms with E-state index in [0.717, 1.165) is 70.4 Å². The number of halogens is 1. The van der Waals surface area contributed by atoms with Crippen molar-refractivity contribution in [3.63, 3.8) is 0 Å². The molecule has 2 aromatic rings. The predicted molar refractivity (Wildman–Crippen MR) is 173 cm³/mol. The van der Waals surface area contributed by atoms with E-state index in [-0.39, 0.29) is 22.6 Å². The van der Waals surface area contributed by atoms with Crippen molar-refractivity contribution in [3.05, 3.63) is 46.2 Å². The zero-order valence-electron chi connectivity index (χ0n) is 26.2. The van der Waals surface area contributed by atoms with Crippen LogP contribution in [-0.4, -0.2) is 80.4 Å². The summed E-state index contributed by atoms with van der Waals surface area (Å²) in [4.78, 5) is 35.9. The van der Waals surface area contributed by atoms with E-state index in [1.807, 2.05) is 38.1 Å². The number of nitrogens with zero attached hydrogens (tertiary/aromatic N) is 4. The first-order chi connectivity index (χ1) is 19.8. The number of nitrogens with one attached hydrogen (secondary N) is 2. The van der Waals surface area contributed by atoms with Crippen molar-refractivity contribution >= 4 is 35.4 Å². The Kier molecular flexibility index (Phi) is 21.3. The molecule has 11 heteroatoms. The number of hydrogen-bond donors (Lipinski definition) is 4. The van der Waals surface area contributed by atoms with Gasteiger partial charge in [-0.1, -0.05) is 64.3 Å². The van der Waals surface area contributed by atoms with Gasteiger partial charge in [0.05, 0.1) is 0 Å². The fourth-order valence-corrected chi connectivity index (χ4v) is 4.46. The lowest BCUT2D eigenvalue weighted by Crippen LogP contribution is -2.40. The molecule has 232 valence electrons. The number of aromatic nitrogens is 2. The van der Waals surface area contributed by atoms with Crippen LogP contribution in [0, 0.1) is 0 Å². The second-order valence-corrected chi connectivity index (χ2v) is 9.56. The number of unbranched alkanes of at least 4 members (excludes halogenated alkanes) is 2. The van der Waals surface area contributed by atoms with Gasteiger partial charge >= 0.3 is 0 Å². The van der Waals surface area contributed by atoms with E-state index in [2.05, 4.69) is 57.0 Å². The molecule has 0 radical (unpaired) electrons. The van der Waals surface area contributed by atoms with Crippen molar-refractivity contribution in [1.82, 2.24) is 25.5 Å². The SMILES string of the molecule is CC.CCCCCN(CCN(C)C(CC)CCNCc1ccc(C(=O)NC)cc1)c1nc(N)c(C=O)nc1Cl.CN. The third-order valence-electron chi connectivity index (χ3n) is 6.58. The molecule has 1 atom stereocenters. The number of carbonyl (C=O) groups excluding carboxylic acids is 2. The van der Waals surface area contributed by atoms with Gasteiger partial charge in [-0.05, 0) is 57.6 Å². The Morgan fingerprint density at radius 3 is 2.29 bits per heavy atom. The lowest BCUT2D eigenvalue weighted by atomic mass is 10.1. The quantitative estimate of drug-likeness (QED) is 0.155. The molecule has 1 aromatic heterocycles. The molecule has 0 saturated carbocycles. The maximum Gasteiger partial charge on any atom is 0.251 e. The first kappa shape index (κ1) is 38.2. The van der Waals surface area contributed by atoms with Crippen LogP contribution in [-0.2, 0) is 6.54 Å². The van der Waals surface area contributed by atoms with Crippen LogP contribution in [0.5, 0.6) is 0 Å². The van der Waals surface area contributed by atoms with Crippen molar-refractivity contribution in [1.29, 1.82) is 0 Å². The van der Waals surface area contributed by atoms with E-state index in [1.54, 1.807) is 7.05 Å². The Morgan fingerprint density at radius 1 is 1.07 bits per heavy atom.